The van der Waals surface area contributed by atoms with Crippen LogP contribution >= 0.6 is 7.44 Å². The van der Waals surface area contributed by atoms with Crippen molar-refractivity contribution in [1.29, 1.82) is 0 Å². The minimum Gasteiger partial charge on any atom is -0.304 e. The van der Waals surface area contributed by atoms with E-state index >= 15 is 4.57 Å². The van der Waals surface area contributed by atoms with E-state index in [1.54, 1.807) is 0 Å². The standard InChI is InChI=1S/C38H37F2N4OP/c39-33-20-16-30(17-21-33)37(31-18-22-34(40)23-19-31)41-24-26-42(27-25-41)38(32-10-4-1-5-11-32)46(45)43(35-12-6-2-7-13-35)28-29-44(46)36-14-8-3-9-15-36/h1-23,37-38H,24-29H2. The van der Waals surface area contributed by atoms with Gasteiger partial charge < -0.3 is 9.34 Å². The molecule has 0 spiro atoms. The second kappa shape index (κ2) is 13.2. The van der Waals surface area contributed by atoms with E-state index in [4.69, 9.17) is 0 Å². The van der Waals surface area contributed by atoms with E-state index in [0.717, 1.165) is 28.1 Å². The van der Waals surface area contributed by atoms with E-state index in [1.807, 2.05) is 78.9 Å². The van der Waals surface area contributed by atoms with Crippen molar-refractivity contribution in [2.24, 2.45) is 0 Å². The number of para-hydroxylation sites is 2. The molecule has 0 N–H and O–H groups in total. The Kier molecular flexibility index (Phi) is 8.72. The van der Waals surface area contributed by atoms with Gasteiger partial charge in [0.15, 0.2) is 0 Å². The lowest BCUT2D eigenvalue weighted by Gasteiger charge is -2.47. The molecule has 1 unspecified atom stereocenters. The molecule has 0 aliphatic carbocycles. The molecule has 5 aromatic rings. The summed E-state index contributed by atoms with van der Waals surface area (Å²) in [5.74, 6) is -0.956. The van der Waals surface area contributed by atoms with Gasteiger partial charge in [-0.2, -0.15) is 0 Å². The van der Waals surface area contributed by atoms with Crippen molar-refractivity contribution < 1.29 is 13.3 Å². The molecule has 2 aliphatic rings. The molecule has 7 rings (SSSR count). The second-order valence-electron chi connectivity index (χ2n) is 11.9. The normalized spacial score (nSPS) is 17.8. The molecular formula is C38H37F2N4OP. The van der Waals surface area contributed by atoms with Gasteiger partial charge in [-0.05, 0) is 65.2 Å². The highest BCUT2D eigenvalue weighted by molar-refractivity contribution is 7.67. The van der Waals surface area contributed by atoms with Crippen LogP contribution < -0.4 is 9.34 Å². The molecule has 2 saturated heterocycles. The minimum absolute atomic E-state index is 0.164. The zero-order valence-corrected chi connectivity index (χ0v) is 26.5. The molecule has 0 bridgehead atoms. The van der Waals surface area contributed by atoms with Crippen LogP contribution in [0.5, 0.6) is 0 Å². The highest BCUT2D eigenvalue weighted by Gasteiger charge is 2.52. The first-order valence-electron chi connectivity index (χ1n) is 15.8. The Morgan fingerprint density at radius 2 is 0.848 bits per heavy atom. The van der Waals surface area contributed by atoms with Crippen LogP contribution in [0.1, 0.15) is 28.5 Å². The fourth-order valence-electron chi connectivity index (χ4n) is 7.05. The maximum absolute atomic E-state index is 16.1. The second-order valence-corrected chi connectivity index (χ2v) is 14.5. The summed E-state index contributed by atoms with van der Waals surface area (Å²) in [4.78, 5) is 4.75. The molecular weight excluding hydrogens is 597 g/mol. The Balaban J connectivity index is 1.26. The van der Waals surface area contributed by atoms with Gasteiger partial charge in [-0.15, -0.1) is 0 Å². The number of halogens is 2. The van der Waals surface area contributed by atoms with Gasteiger partial charge in [0.1, 0.15) is 17.4 Å². The molecule has 5 aromatic carbocycles. The van der Waals surface area contributed by atoms with Crippen LogP contribution in [0.4, 0.5) is 20.2 Å². The van der Waals surface area contributed by atoms with Crippen LogP contribution in [0.25, 0.3) is 0 Å². The van der Waals surface area contributed by atoms with E-state index in [-0.39, 0.29) is 23.5 Å². The van der Waals surface area contributed by atoms with Crippen LogP contribution in [-0.4, -0.2) is 49.1 Å². The van der Waals surface area contributed by atoms with Crippen molar-refractivity contribution in [3.05, 3.63) is 168 Å². The maximum Gasteiger partial charge on any atom is 0.284 e. The first kappa shape index (κ1) is 30.4. The van der Waals surface area contributed by atoms with Gasteiger partial charge in [0, 0.05) is 50.6 Å². The quantitative estimate of drug-likeness (QED) is 0.160. The topological polar surface area (TPSA) is 30.0 Å². The molecule has 0 saturated carbocycles. The number of hydrogen-bond donors (Lipinski definition) is 0. The summed E-state index contributed by atoms with van der Waals surface area (Å²) in [6.45, 7) is 4.04. The first-order valence-corrected chi connectivity index (χ1v) is 17.5. The largest absolute Gasteiger partial charge is 0.304 e. The molecule has 8 heteroatoms. The lowest BCUT2D eigenvalue weighted by atomic mass is 9.96. The fourth-order valence-corrected chi connectivity index (χ4v) is 10.7. The average Bonchev–Trinajstić information content (AvgIpc) is 3.45. The third kappa shape index (κ3) is 5.87. The zero-order chi connectivity index (χ0) is 31.5. The van der Waals surface area contributed by atoms with Gasteiger partial charge in [0.25, 0.3) is 7.44 Å². The molecule has 46 heavy (non-hydrogen) atoms. The smallest absolute Gasteiger partial charge is 0.284 e. The Labute approximate surface area is 269 Å². The number of nitrogens with zero attached hydrogens (tertiary/aromatic N) is 4. The van der Waals surface area contributed by atoms with Crippen molar-refractivity contribution in [1.82, 2.24) is 9.80 Å². The van der Waals surface area contributed by atoms with Crippen molar-refractivity contribution in [2.45, 2.75) is 11.8 Å². The summed E-state index contributed by atoms with van der Waals surface area (Å²) in [5, 5.41) is 0. The van der Waals surface area contributed by atoms with Crippen LogP contribution in [0, 0.1) is 11.6 Å². The van der Waals surface area contributed by atoms with Gasteiger partial charge in [-0.3, -0.25) is 14.4 Å². The van der Waals surface area contributed by atoms with Crippen LogP contribution in [0.15, 0.2) is 140 Å². The molecule has 0 amide bonds. The highest BCUT2D eigenvalue weighted by Crippen LogP contribution is 2.69. The summed E-state index contributed by atoms with van der Waals surface area (Å²) in [6.07, 6.45) is 0. The molecule has 234 valence electrons. The van der Waals surface area contributed by atoms with Crippen molar-refractivity contribution in [2.75, 3.05) is 48.6 Å². The van der Waals surface area contributed by atoms with E-state index in [0.29, 0.717) is 39.3 Å². The summed E-state index contributed by atoms with van der Waals surface area (Å²) >= 11 is 0. The number of hydrogen-bond acceptors (Lipinski definition) is 3. The summed E-state index contributed by atoms with van der Waals surface area (Å²) < 4.78 is 48.3. The van der Waals surface area contributed by atoms with Gasteiger partial charge in [-0.25, -0.2) is 8.78 Å². The van der Waals surface area contributed by atoms with Crippen LogP contribution in [0.2, 0.25) is 0 Å². The van der Waals surface area contributed by atoms with E-state index in [2.05, 4.69) is 55.5 Å². The van der Waals surface area contributed by atoms with E-state index in [1.165, 1.54) is 24.3 Å². The summed E-state index contributed by atoms with van der Waals surface area (Å²) in [5.41, 5.74) is 4.84. The maximum atomic E-state index is 16.1. The molecule has 0 aromatic heterocycles. The van der Waals surface area contributed by atoms with E-state index in [9.17, 15) is 8.78 Å². The Bertz CT molecular complexity index is 1670. The van der Waals surface area contributed by atoms with Crippen LogP contribution in [-0.2, 0) is 4.57 Å². The van der Waals surface area contributed by atoms with Gasteiger partial charge in [-0.1, -0.05) is 91.0 Å². The monoisotopic (exact) mass is 634 g/mol. The van der Waals surface area contributed by atoms with Gasteiger partial charge in [0.05, 0.1) is 6.04 Å². The molecule has 2 aliphatic heterocycles. The number of benzene rings is 5. The summed E-state index contributed by atoms with van der Waals surface area (Å²) in [7, 11) is -3.31. The van der Waals surface area contributed by atoms with Crippen molar-refractivity contribution in [3.8, 4) is 0 Å². The first-order chi connectivity index (χ1) is 22.5. The summed E-state index contributed by atoms with van der Waals surface area (Å²) in [6, 6.07) is 43.5. The van der Waals surface area contributed by atoms with E-state index < -0.39 is 7.44 Å². The number of piperazine rings is 1. The molecule has 2 fully saturated rings. The van der Waals surface area contributed by atoms with Crippen molar-refractivity contribution in [3.63, 3.8) is 0 Å². The predicted octanol–water partition coefficient (Wildman–Crippen LogP) is 8.59. The minimum atomic E-state index is -3.31. The third-order valence-electron chi connectivity index (χ3n) is 9.17. The molecule has 1 atom stereocenters. The highest BCUT2D eigenvalue weighted by atomic mass is 31.2. The molecule has 0 radical (unpaired) electrons. The SMILES string of the molecule is O=P1(C(c2ccccc2)N2CCN(C(c3ccc(F)cc3)c3ccc(F)cc3)CC2)N(c2ccccc2)CCN1c1ccccc1. The number of anilines is 2. The van der Waals surface area contributed by atoms with Gasteiger partial charge in [0.2, 0.25) is 0 Å². The lowest BCUT2D eigenvalue weighted by molar-refractivity contribution is 0.0988. The molecule has 5 nitrogen and oxygen atoms in total. The van der Waals surface area contributed by atoms with Gasteiger partial charge >= 0.3 is 0 Å². The average molecular weight is 635 g/mol. The lowest BCUT2D eigenvalue weighted by Crippen LogP contribution is -2.50. The molecule has 2 heterocycles. The van der Waals surface area contributed by atoms with Crippen molar-refractivity contribution >= 4 is 18.8 Å². The fraction of sp³-hybridized carbons (Fsp3) is 0.211. The Morgan fingerprint density at radius 1 is 0.457 bits per heavy atom. The third-order valence-corrected chi connectivity index (χ3v) is 12.7. The Morgan fingerprint density at radius 3 is 1.28 bits per heavy atom. The number of rotatable bonds is 8. The van der Waals surface area contributed by atoms with Crippen LogP contribution in [0.3, 0.4) is 0 Å². The predicted molar refractivity (Wildman–Crippen MR) is 182 cm³/mol. The zero-order valence-electron chi connectivity index (χ0n) is 25.6. The Hall–Kier alpha value is -4.29.